The van der Waals surface area contributed by atoms with Gasteiger partial charge in [-0.15, -0.1) is 6.58 Å². The Balaban J connectivity index is 2.83. The van der Waals surface area contributed by atoms with Crippen molar-refractivity contribution in [1.29, 1.82) is 0 Å². The summed E-state index contributed by atoms with van der Waals surface area (Å²) in [6.45, 7) is 5.43. The van der Waals surface area contributed by atoms with E-state index in [2.05, 4.69) is 6.58 Å². The largest absolute Gasteiger partial charge is 0.426 e. The van der Waals surface area contributed by atoms with Crippen molar-refractivity contribution < 1.29 is 9.53 Å². The maximum absolute atomic E-state index is 11.1. The van der Waals surface area contributed by atoms with E-state index in [0.717, 1.165) is 5.56 Å². The van der Waals surface area contributed by atoms with Gasteiger partial charge in [-0.2, -0.15) is 0 Å². The fraction of sp³-hybridized carbons (Fsp3) is 0.250. The van der Waals surface area contributed by atoms with E-state index >= 15 is 0 Å². The molecule has 2 nitrogen and oxygen atoms in total. The first-order valence-electron chi connectivity index (χ1n) is 4.67. The highest BCUT2D eigenvalue weighted by molar-refractivity contribution is 5.72. The zero-order valence-electron chi connectivity index (χ0n) is 8.32. The van der Waals surface area contributed by atoms with Crippen LogP contribution in [0.2, 0.25) is 0 Å². The Morgan fingerprint density at radius 1 is 1.50 bits per heavy atom. The van der Waals surface area contributed by atoms with Gasteiger partial charge in [0.15, 0.2) is 0 Å². The standard InChI is InChI=1S/C12H14O2/c1-3-7-10-8-5-6-9-11(10)14-12(13)4-2/h3,5-6,8-9H,1,4,7H2,2H3. The highest BCUT2D eigenvalue weighted by Gasteiger charge is 2.05. The zero-order valence-corrected chi connectivity index (χ0v) is 8.32. The van der Waals surface area contributed by atoms with E-state index < -0.39 is 0 Å². The van der Waals surface area contributed by atoms with Gasteiger partial charge in [-0.05, 0) is 18.1 Å². The Morgan fingerprint density at radius 2 is 2.21 bits per heavy atom. The molecule has 0 aromatic heterocycles. The summed E-state index contributed by atoms with van der Waals surface area (Å²) < 4.78 is 5.16. The molecule has 0 N–H and O–H groups in total. The molecule has 0 saturated carbocycles. The van der Waals surface area contributed by atoms with Crippen molar-refractivity contribution in [2.24, 2.45) is 0 Å². The van der Waals surface area contributed by atoms with Gasteiger partial charge in [0, 0.05) is 6.42 Å². The van der Waals surface area contributed by atoms with Gasteiger partial charge in [-0.1, -0.05) is 31.2 Å². The smallest absolute Gasteiger partial charge is 0.310 e. The van der Waals surface area contributed by atoms with Crippen LogP contribution in [0.15, 0.2) is 36.9 Å². The minimum atomic E-state index is -0.207. The summed E-state index contributed by atoms with van der Waals surface area (Å²) in [5.41, 5.74) is 0.990. The maximum Gasteiger partial charge on any atom is 0.310 e. The van der Waals surface area contributed by atoms with E-state index in [0.29, 0.717) is 18.6 Å². The number of hydrogen-bond donors (Lipinski definition) is 0. The van der Waals surface area contributed by atoms with Crippen molar-refractivity contribution in [3.05, 3.63) is 42.5 Å². The van der Waals surface area contributed by atoms with Crippen LogP contribution in [-0.4, -0.2) is 5.97 Å². The molecule has 0 aliphatic rings. The number of allylic oxidation sites excluding steroid dienone is 1. The normalized spacial score (nSPS) is 9.50. The number of carbonyl (C=O) groups is 1. The number of ether oxygens (including phenoxy) is 1. The second-order valence-corrected chi connectivity index (χ2v) is 2.93. The highest BCUT2D eigenvalue weighted by atomic mass is 16.5. The highest BCUT2D eigenvalue weighted by Crippen LogP contribution is 2.19. The predicted molar refractivity (Wildman–Crippen MR) is 56.3 cm³/mol. The van der Waals surface area contributed by atoms with Gasteiger partial charge in [0.1, 0.15) is 5.75 Å². The van der Waals surface area contributed by atoms with Crippen molar-refractivity contribution >= 4 is 5.97 Å². The van der Waals surface area contributed by atoms with Gasteiger partial charge in [0.2, 0.25) is 0 Å². The van der Waals surface area contributed by atoms with E-state index in [9.17, 15) is 4.79 Å². The number of esters is 1. The van der Waals surface area contributed by atoms with E-state index in [1.54, 1.807) is 19.1 Å². The molecule has 0 heterocycles. The molecule has 0 fully saturated rings. The van der Waals surface area contributed by atoms with E-state index in [4.69, 9.17) is 4.74 Å². The van der Waals surface area contributed by atoms with Crippen molar-refractivity contribution in [3.8, 4) is 5.75 Å². The first kappa shape index (κ1) is 10.5. The molecule has 0 unspecified atom stereocenters. The molecule has 0 bridgehead atoms. The van der Waals surface area contributed by atoms with Crippen molar-refractivity contribution in [2.75, 3.05) is 0 Å². The summed E-state index contributed by atoms with van der Waals surface area (Å²) >= 11 is 0. The molecule has 0 aliphatic heterocycles. The molecule has 0 spiro atoms. The number of para-hydroxylation sites is 1. The average molecular weight is 190 g/mol. The third kappa shape index (κ3) is 2.73. The molecule has 0 radical (unpaired) electrons. The SMILES string of the molecule is C=CCc1ccccc1OC(=O)CC. The summed E-state index contributed by atoms with van der Waals surface area (Å²) in [6, 6.07) is 7.50. The van der Waals surface area contributed by atoms with Crippen LogP contribution in [0, 0.1) is 0 Å². The number of hydrogen-bond acceptors (Lipinski definition) is 2. The minimum absolute atomic E-state index is 0.207. The minimum Gasteiger partial charge on any atom is -0.426 e. The Kier molecular flexibility index (Phi) is 3.92. The predicted octanol–water partition coefficient (Wildman–Crippen LogP) is 2.73. The molecule has 0 aliphatic carbocycles. The van der Waals surface area contributed by atoms with Crippen molar-refractivity contribution in [3.63, 3.8) is 0 Å². The van der Waals surface area contributed by atoms with Crippen LogP contribution in [0.5, 0.6) is 5.75 Å². The van der Waals surface area contributed by atoms with E-state index in [1.165, 1.54) is 0 Å². The molecular formula is C12H14O2. The molecule has 1 aromatic carbocycles. The van der Waals surface area contributed by atoms with Crippen molar-refractivity contribution in [2.45, 2.75) is 19.8 Å². The molecule has 0 amide bonds. The Morgan fingerprint density at radius 3 is 2.86 bits per heavy atom. The number of rotatable bonds is 4. The van der Waals surface area contributed by atoms with Gasteiger partial charge in [0.25, 0.3) is 0 Å². The van der Waals surface area contributed by atoms with Crippen LogP contribution < -0.4 is 4.74 Å². The molecular weight excluding hydrogens is 176 g/mol. The lowest BCUT2D eigenvalue weighted by Gasteiger charge is -2.07. The fourth-order valence-corrected chi connectivity index (χ4v) is 1.12. The van der Waals surface area contributed by atoms with Gasteiger partial charge in [0.05, 0.1) is 0 Å². The second kappa shape index (κ2) is 5.22. The van der Waals surface area contributed by atoms with Crippen LogP contribution in [-0.2, 0) is 11.2 Å². The van der Waals surface area contributed by atoms with Crippen LogP contribution in [0.4, 0.5) is 0 Å². The quantitative estimate of drug-likeness (QED) is 0.414. The summed E-state index contributed by atoms with van der Waals surface area (Å²) in [5.74, 6) is 0.431. The summed E-state index contributed by atoms with van der Waals surface area (Å²) in [7, 11) is 0. The van der Waals surface area contributed by atoms with Crippen LogP contribution in [0.3, 0.4) is 0 Å². The molecule has 0 saturated heterocycles. The Labute approximate surface area is 84.2 Å². The Bertz CT molecular complexity index is 329. The molecule has 0 atom stereocenters. The summed E-state index contributed by atoms with van der Waals surface area (Å²) in [6.07, 6.45) is 2.90. The lowest BCUT2D eigenvalue weighted by atomic mass is 10.1. The first-order chi connectivity index (χ1) is 6.77. The molecule has 1 aromatic rings. The van der Waals surface area contributed by atoms with Gasteiger partial charge in [-0.25, -0.2) is 0 Å². The topological polar surface area (TPSA) is 26.3 Å². The molecule has 74 valence electrons. The van der Waals surface area contributed by atoms with E-state index in [-0.39, 0.29) is 5.97 Å². The van der Waals surface area contributed by atoms with Crippen LogP contribution in [0.25, 0.3) is 0 Å². The number of benzene rings is 1. The van der Waals surface area contributed by atoms with Gasteiger partial charge >= 0.3 is 5.97 Å². The lowest BCUT2D eigenvalue weighted by Crippen LogP contribution is -2.07. The number of carbonyl (C=O) groups excluding carboxylic acids is 1. The maximum atomic E-state index is 11.1. The molecule has 14 heavy (non-hydrogen) atoms. The van der Waals surface area contributed by atoms with Crippen LogP contribution >= 0.6 is 0 Å². The van der Waals surface area contributed by atoms with E-state index in [1.807, 2.05) is 18.2 Å². The zero-order chi connectivity index (χ0) is 10.4. The average Bonchev–Trinajstić information content (AvgIpc) is 2.21. The molecule has 1 rings (SSSR count). The third-order valence-electron chi connectivity index (χ3n) is 1.85. The fourth-order valence-electron chi connectivity index (χ4n) is 1.12. The molecule has 2 heteroatoms. The Hall–Kier alpha value is -1.57. The summed E-state index contributed by atoms with van der Waals surface area (Å²) in [4.78, 5) is 11.1. The monoisotopic (exact) mass is 190 g/mol. The summed E-state index contributed by atoms with van der Waals surface area (Å²) in [5, 5.41) is 0. The second-order valence-electron chi connectivity index (χ2n) is 2.93. The third-order valence-corrected chi connectivity index (χ3v) is 1.85. The van der Waals surface area contributed by atoms with Gasteiger partial charge < -0.3 is 4.74 Å². The van der Waals surface area contributed by atoms with Crippen LogP contribution in [0.1, 0.15) is 18.9 Å². The lowest BCUT2D eigenvalue weighted by molar-refractivity contribution is -0.134. The first-order valence-corrected chi connectivity index (χ1v) is 4.67. The van der Waals surface area contributed by atoms with Gasteiger partial charge in [-0.3, -0.25) is 4.79 Å². The van der Waals surface area contributed by atoms with Crippen molar-refractivity contribution in [1.82, 2.24) is 0 Å².